The summed E-state index contributed by atoms with van der Waals surface area (Å²) in [6.45, 7) is 0. The Morgan fingerprint density at radius 2 is 1.62 bits per heavy atom. The van der Waals surface area contributed by atoms with Gasteiger partial charge in [-0.05, 0) is 35.9 Å². The van der Waals surface area contributed by atoms with E-state index in [9.17, 15) is 4.79 Å². The zero-order chi connectivity index (χ0) is 15.0. The smallest absolute Gasteiger partial charge is 0.305 e. The minimum Gasteiger partial charge on any atom is -0.305 e. The number of benzene rings is 2. The molecule has 0 aliphatic carbocycles. The fourth-order valence-corrected chi connectivity index (χ4v) is 2.42. The lowest BCUT2D eigenvalue weighted by Gasteiger charge is -2.02. The third kappa shape index (κ3) is 2.86. The van der Waals surface area contributed by atoms with Gasteiger partial charge in [-0.3, -0.25) is 4.57 Å². The number of aromatic nitrogens is 2. The minimum atomic E-state index is -0.252. The van der Waals surface area contributed by atoms with Crippen LogP contribution in [-0.2, 0) is 0 Å². The second kappa shape index (κ2) is 5.60. The molecule has 1 aromatic heterocycles. The Hall–Kier alpha value is -1.68. The molecule has 106 valence electrons. The number of rotatable bonds is 2. The van der Waals surface area contributed by atoms with Gasteiger partial charge in [0.25, 0.3) is 0 Å². The first-order chi connectivity index (χ1) is 10.0. The number of H-pyrrole nitrogens is 1. The Balaban J connectivity index is 2.07. The van der Waals surface area contributed by atoms with E-state index in [1.54, 1.807) is 36.5 Å². The molecule has 2 aromatic carbocycles. The van der Waals surface area contributed by atoms with Crippen LogP contribution in [0.4, 0.5) is 0 Å². The third-order valence-corrected chi connectivity index (χ3v) is 4.05. The van der Waals surface area contributed by atoms with E-state index in [1.807, 2.05) is 12.1 Å². The highest BCUT2D eigenvalue weighted by molar-refractivity contribution is 6.42. The normalized spacial score (nSPS) is 10.8. The van der Waals surface area contributed by atoms with Crippen molar-refractivity contribution < 1.29 is 0 Å². The van der Waals surface area contributed by atoms with Gasteiger partial charge in [0.05, 0.1) is 21.4 Å². The van der Waals surface area contributed by atoms with Crippen molar-refractivity contribution in [1.82, 2.24) is 9.55 Å². The molecule has 3 aromatic rings. The molecule has 0 spiro atoms. The number of nitrogens with zero attached hydrogens (tertiary/aromatic N) is 1. The van der Waals surface area contributed by atoms with Gasteiger partial charge in [0.1, 0.15) is 0 Å². The van der Waals surface area contributed by atoms with Crippen LogP contribution in [0, 0.1) is 0 Å². The summed E-state index contributed by atoms with van der Waals surface area (Å²) in [5, 5.41) is 1.49. The van der Waals surface area contributed by atoms with Crippen LogP contribution < -0.4 is 5.69 Å². The zero-order valence-corrected chi connectivity index (χ0v) is 12.9. The molecule has 6 heteroatoms. The average Bonchev–Trinajstić information content (AvgIpc) is 2.85. The lowest BCUT2D eigenvalue weighted by atomic mass is 10.2. The molecule has 0 amide bonds. The highest BCUT2D eigenvalue weighted by Crippen LogP contribution is 2.25. The molecule has 1 N–H and O–H groups in total. The summed E-state index contributed by atoms with van der Waals surface area (Å²) >= 11 is 17.7. The summed E-state index contributed by atoms with van der Waals surface area (Å²) in [7, 11) is 0. The van der Waals surface area contributed by atoms with Crippen LogP contribution in [0.2, 0.25) is 15.1 Å². The van der Waals surface area contributed by atoms with E-state index in [-0.39, 0.29) is 5.69 Å². The van der Waals surface area contributed by atoms with Crippen LogP contribution in [0.25, 0.3) is 16.9 Å². The maximum atomic E-state index is 12.1. The van der Waals surface area contributed by atoms with Crippen molar-refractivity contribution in [1.29, 1.82) is 0 Å². The first-order valence-corrected chi connectivity index (χ1v) is 7.21. The Morgan fingerprint density at radius 3 is 2.29 bits per heavy atom. The van der Waals surface area contributed by atoms with E-state index in [1.165, 1.54) is 4.57 Å². The van der Waals surface area contributed by atoms with E-state index < -0.39 is 0 Å². The maximum absolute atomic E-state index is 12.1. The van der Waals surface area contributed by atoms with Crippen LogP contribution in [0.15, 0.2) is 53.5 Å². The van der Waals surface area contributed by atoms with Crippen molar-refractivity contribution in [3.63, 3.8) is 0 Å². The first-order valence-electron chi connectivity index (χ1n) is 6.07. The topological polar surface area (TPSA) is 37.8 Å². The zero-order valence-electron chi connectivity index (χ0n) is 10.6. The van der Waals surface area contributed by atoms with E-state index in [4.69, 9.17) is 34.8 Å². The Morgan fingerprint density at radius 1 is 0.905 bits per heavy atom. The van der Waals surface area contributed by atoms with Gasteiger partial charge in [-0.2, -0.15) is 0 Å². The summed E-state index contributed by atoms with van der Waals surface area (Å²) < 4.78 is 1.48. The fourth-order valence-electron chi connectivity index (χ4n) is 2.00. The summed E-state index contributed by atoms with van der Waals surface area (Å²) in [5.41, 5.74) is 1.96. The summed E-state index contributed by atoms with van der Waals surface area (Å²) in [6, 6.07) is 12.2. The average molecular weight is 340 g/mol. The van der Waals surface area contributed by atoms with Crippen molar-refractivity contribution in [2.24, 2.45) is 0 Å². The van der Waals surface area contributed by atoms with Crippen LogP contribution in [0.1, 0.15) is 0 Å². The van der Waals surface area contributed by atoms with Gasteiger partial charge in [0, 0.05) is 11.2 Å². The second-order valence-corrected chi connectivity index (χ2v) is 5.70. The summed E-state index contributed by atoms with van der Waals surface area (Å²) in [4.78, 5) is 14.9. The molecule has 21 heavy (non-hydrogen) atoms. The standard InChI is InChI=1S/C15H9Cl3N2O/c16-10-3-1-9(2-4-10)14-8-20(15(21)19-14)11-5-6-12(17)13(18)7-11/h1-8H,(H,19,21). The van der Waals surface area contributed by atoms with Crippen molar-refractivity contribution in [2.75, 3.05) is 0 Å². The van der Waals surface area contributed by atoms with Crippen LogP contribution in [-0.4, -0.2) is 9.55 Å². The van der Waals surface area contributed by atoms with Crippen LogP contribution in [0.3, 0.4) is 0 Å². The van der Waals surface area contributed by atoms with Gasteiger partial charge in [0.2, 0.25) is 0 Å². The number of hydrogen-bond donors (Lipinski definition) is 1. The Bertz CT molecular complexity index is 850. The molecular formula is C15H9Cl3N2O. The Labute approximate surface area is 135 Å². The quantitative estimate of drug-likeness (QED) is 0.716. The number of imidazole rings is 1. The van der Waals surface area contributed by atoms with Gasteiger partial charge >= 0.3 is 5.69 Å². The Kier molecular flexibility index (Phi) is 3.81. The molecule has 0 bridgehead atoms. The van der Waals surface area contributed by atoms with E-state index in [0.29, 0.717) is 26.4 Å². The van der Waals surface area contributed by atoms with Crippen LogP contribution in [0.5, 0.6) is 0 Å². The molecule has 0 aliphatic heterocycles. The van der Waals surface area contributed by atoms with Crippen molar-refractivity contribution in [2.45, 2.75) is 0 Å². The molecule has 3 rings (SSSR count). The van der Waals surface area contributed by atoms with Gasteiger partial charge in [-0.1, -0.05) is 46.9 Å². The summed E-state index contributed by atoms with van der Waals surface area (Å²) in [5.74, 6) is 0. The maximum Gasteiger partial charge on any atom is 0.330 e. The molecule has 0 aliphatic rings. The van der Waals surface area contributed by atoms with Gasteiger partial charge < -0.3 is 4.98 Å². The number of aromatic amines is 1. The van der Waals surface area contributed by atoms with Crippen molar-refractivity contribution in [3.05, 3.63) is 74.2 Å². The molecule has 0 saturated heterocycles. The van der Waals surface area contributed by atoms with E-state index in [0.717, 1.165) is 5.56 Å². The van der Waals surface area contributed by atoms with Gasteiger partial charge in [-0.25, -0.2) is 4.79 Å². The fraction of sp³-hybridized carbons (Fsp3) is 0. The first kappa shape index (κ1) is 14.3. The molecule has 1 heterocycles. The molecule has 0 fully saturated rings. The molecule has 0 atom stereocenters. The SMILES string of the molecule is O=c1[nH]c(-c2ccc(Cl)cc2)cn1-c1ccc(Cl)c(Cl)c1. The highest BCUT2D eigenvalue weighted by Gasteiger charge is 2.08. The monoisotopic (exact) mass is 338 g/mol. The third-order valence-electron chi connectivity index (χ3n) is 3.06. The van der Waals surface area contributed by atoms with Gasteiger partial charge in [-0.15, -0.1) is 0 Å². The van der Waals surface area contributed by atoms with E-state index in [2.05, 4.69) is 4.98 Å². The lowest BCUT2D eigenvalue weighted by molar-refractivity contribution is 0.987. The highest BCUT2D eigenvalue weighted by atomic mass is 35.5. The summed E-state index contributed by atoms with van der Waals surface area (Å²) in [6.07, 6.45) is 1.71. The molecule has 3 nitrogen and oxygen atoms in total. The van der Waals surface area contributed by atoms with Gasteiger partial charge in [0.15, 0.2) is 0 Å². The second-order valence-electron chi connectivity index (χ2n) is 4.45. The number of hydrogen-bond acceptors (Lipinski definition) is 1. The van der Waals surface area contributed by atoms with E-state index >= 15 is 0 Å². The molecule has 0 radical (unpaired) electrons. The lowest BCUT2D eigenvalue weighted by Crippen LogP contribution is -2.13. The van der Waals surface area contributed by atoms with Crippen molar-refractivity contribution >= 4 is 34.8 Å². The minimum absolute atomic E-state index is 0.252. The predicted molar refractivity (Wildman–Crippen MR) is 86.9 cm³/mol. The molecule has 0 unspecified atom stereocenters. The van der Waals surface area contributed by atoms with Crippen LogP contribution >= 0.6 is 34.8 Å². The largest absolute Gasteiger partial charge is 0.330 e. The molecular weight excluding hydrogens is 331 g/mol. The predicted octanol–water partition coefficient (Wildman–Crippen LogP) is 4.79. The number of halogens is 3. The van der Waals surface area contributed by atoms with Crippen molar-refractivity contribution in [3.8, 4) is 16.9 Å². The number of nitrogens with one attached hydrogen (secondary N) is 1. The molecule has 0 saturated carbocycles.